The first-order chi connectivity index (χ1) is 18.5. The number of hydrogen-bond donors (Lipinski definition) is 0. The number of nitrogens with zero attached hydrogens (tertiary/aromatic N) is 6. The van der Waals surface area contributed by atoms with Crippen LogP contribution in [0.5, 0.6) is 5.75 Å². The first-order valence-corrected chi connectivity index (χ1v) is 12.9. The van der Waals surface area contributed by atoms with Gasteiger partial charge in [0, 0.05) is 42.5 Å². The van der Waals surface area contributed by atoms with Gasteiger partial charge in [-0.25, -0.2) is 19.0 Å². The van der Waals surface area contributed by atoms with Gasteiger partial charge >= 0.3 is 5.69 Å². The summed E-state index contributed by atoms with van der Waals surface area (Å²) in [6.45, 7) is 5.29. The van der Waals surface area contributed by atoms with E-state index in [-0.39, 0.29) is 11.5 Å². The molecule has 2 aromatic heterocycles. The molecule has 0 aliphatic carbocycles. The largest absolute Gasteiger partial charge is 0.495 e. The van der Waals surface area contributed by atoms with Crippen LogP contribution in [-0.2, 0) is 0 Å². The third-order valence-corrected chi connectivity index (χ3v) is 7.11. The Bertz CT molecular complexity index is 1440. The lowest BCUT2D eigenvalue weighted by atomic mass is 10.0. The summed E-state index contributed by atoms with van der Waals surface area (Å²) in [5, 5.41) is 4.83. The molecule has 196 valence electrons. The Hall–Kier alpha value is -4.11. The Morgan fingerprint density at radius 3 is 2.21 bits per heavy atom. The highest BCUT2D eigenvalue weighted by atomic mass is 35.5. The van der Waals surface area contributed by atoms with Crippen molar-refractivity contribution >= 4 is 28.9 Å². The van der Waals surface area contributed by atoms with Crippen LogP contribution in [0.1, 0.15) is 29.7 Å². The Balaban J connectivity index is 1.27. The van der Waals surface area contributed by atoms with Crippen molar-refractivity contribution in [2.75, 3.05) is 43.1 Å². The molecule has 1 unspecified atom stereocenters. The molecule has 0 saturated carbocycles. The zero-order chi connectivity index (χ0) is 26.6. The number of hydrogen-bond acceptors (Lipinski definition) is 7. The number of anilines is 2. The molecule has 1 aliphatic rings. The van der Waals surface area contributed by atoms with Crippen LogP contribution >= 0.6 is 11.6 Å². The molecule has 9 nitrogen and oxygen atoms in total. The number of aromatic nitrogens is 4. The van der Waals surface area contributed by atoms with Crippen LogP contribution < -0.4 is 20.2 Å². The summed E-state index contributed by atoms with van der Waals surface area (Å²) in [4.78, 5) is 35.4. The molecular formula is C28H29ClN6O3. The van der Waals surface area contributed by atoms with Crippen LogP contribution in [0.15, 0.2) is 78.0 Å². The fourth-order valence-electron chi connectivity index (χ4n) is 4.68. The van der Waals surface area contributed by atoms with Crippen molar-refractivity contribution in [1.82, 2.24) is 19.3 Å². The Morgan fingerprint density at radius 2 is 1.61 bits per heavy atom. The lowest BCUT2D eigenvalue weighted by Gasteiger charge is -2.36. The van der Waals surface area contributed by atoms with E-state index in [1.165, 1.54) is 15.6 Å². The molecule has 1 fully saturated rings. The number of pyridine rings is 1. The van der Waals surface area contributed by atoms with Gasteiger partial charge in [-0.2, -0.15) is 5.10 Å². The SMILES string of the molecule is CCC(C(=O)c1ccc(Cl)cc1)n1ncn(-c2ccc(N3CCN(c4ccc(OC)cn4)CC3)cc2)c1=O. The van der Waals surface area contributed by atoms with E-state index in [4.69, 9.17) is 16.3 Å². The summed E-state index contributed by atoms with van der Waals surface area (Å²) >= 11 is 5.95. The van der Waals surface area contributed by atoms with Crippen LogP contribution in [0.4, 0.5) is 11.5 Å². The minimum Gasteiger partial charge on any atom is -0.495 e. The third-order valence-electron chi connectivity index (χ3n) is 6.86. The lowest BCUT2D eigenvalue weighted by Crippen LogP contribution is -2.46. The van der Waals surface area contributed by atoms with E-state index in [1.807, 2.05) is 43.3 Å². The normalized spacial score (nSPS) is 14.4. The topological polar surface area (TPSA) is 85.5 Å². The monoisotopic (exact) mass is 532 g/mol. The van der Waals surface area contributed by atoms with Gasteiger partial charge in [-0.05, 0) is 67.1 Å². The second-order valence-corrected chi connectivity index (χ2v) is 9.51. The smallest absolute Gasteiger partial charge is 0.351 e. The molecule has 1 atom stereocenters. The van der Waals surface area contributed by atoms with E-state index in [0.29, 0.717) is 22.7 Å². The number of carbonyl (C=O) groups excluding carboxylic acids is 1. The summed E-state index contributed by atoms with van der Waals surface area (Å²) in [7, 11) is 1.63. The average Bonchev–Trinajstić information content (AvgIpc) is 3.34. The molecule has 0 amide bonds. The quantitative estimate of drug-likeness (QED) is 0.314. The Labute approximate surface area is 225 Å². The highest BCUT2D eigenvalue weighted by molar-refractivity contribution is 6.30. The molecule has 1 saturated heterocycles. The number of rotatable bonds is 8. The second-order valence-electron chi connectivity index (χ2n) is 9.07. The Kier molecular flexibility index (Phi) is 7.46. The highest BCUT2D eigenvalue weighted by Crippen LogP contribution is 2.23. The maximum absolute atomic E-state index is 13.2. The van der Waals surface area contributed by atoms with E-state index < -0.39 is 6.04 Å². The molecule has 3 heterocycles. The zero-order valence-electron chi connectivity index (χ0n) is 21.3. The predicted molar refractivity (Wildman–Crippen MR) is 148 cm³/mol. The minimum absolute atomic E-state index is 0.171. The van der Waals surface area contributed by atoms with Gasteiger partial charge in [-0.15, -0.1) is 0 Å². The van der Waals surface area contributed by atoms with E-state index in [9.17, 15) is 9.59 Å². The number of piperazine rings is 1. The number of methoxy groups -OCH3 is 1. The molecular weight excluding hydrogens is 504 g/mol. The number of ketones is 1. The standard InChI is InChI=1S/C28H29ClN6O3/c1-3-25(27(36)20-4-6-21(29)7-5-20)35-28(37)34(19-31-35)23-10-8-22(9-11-23)32-14-16-33(17-15-32)26-13-12-24(38-2)18-30-26/h4-13,18-19,25H,3,14-17H2,1-2H3. The van der Waals surface area contributed by atoms with Gasteiger partial charge in [-0.3, -0.25) is 4.79 Å². The molecule has 0 N–H and O–H groups in total. The molecule has 0 bridgehead atoms. The lowest BCUT2D eigenvalue weighted by molar-refractivity contribution is 0.0911. The van der Waals surface area contributed by atoms with Crippen molar-refractivity contribution in [3.8, 4) is 11.4 Å². The van der Waals surface area contributed by atoms with Crippen LogP contribution in [0, 0.1) is 0 Å². The highest BCUT2D eigenvalue weighted by Gasteiger charge is 2.24. The van der Waals surface area contributed by atoms with Crippen molar-refractivity contribution in [2.24, 2.45) is 0 Å². The van der Waals surface area contributed by atoms with Gasteiger partial charge in [0.1, 0.15) is 23.9 Å². The number of benzene rings is 2. The maximum Gasteiger partial charge on any atom is 0.351 e. The summed E-state index contributed by atoms with van der Waals surface area (Å²) in [5.41, 5.74) is 1.92. The molecule has 2 aromatic carbocycles. The fraction of sp³-hybridized carbons (Fsp3) is 0.286. The van der Waals surface area contributed by atoms with Crippen LogP contribution in [-0.4, -0.2) is 58.4 Å². The van der Waals surface area contributed by atoms with Gasteiger partial charge in [0.2, 0.25) is 0 Å². The van der Waals surface area contributed by atoms with Crippen molar-refractivity contribution in [3.05, 3.63) is 94.3 Å². The molecule has 1 aliphatic heterocycles. The molecule has 4 aromatic rings. The van der Waals surface area contributed by atoms with E-state index >= 15 is 0 Å². The van der Waals surface area contributed by atoms with Gasteiger partial charge in [0.05, 0.1) is 19.0 Å². The molecule has 38 heavy (non-hydrogen) atoms. The van der Waals surface area contributed by atoms with E-state index in [0.717, 1.165) is 43.4 Å². The molecule has 5 rings (SSSR count). The number of halogens is 1. The van der Waals surface area contributed by atoms with Crippen LogP contribution in [0.3, 0.4) is 0 Å². The molecule has 0 spiro atoms. The predicted octanol–water partition coefficient (Wildman–Crippen LogP) is 4.25. The van der Waals surface area contributed by atoms with E-state index in [1.54, 1.807) is 37.6 Å². The van der Waals surface area contributed by atoms with Crippen molar-refractivity contribution in [2.45, 2.75) is 19.4 Å². The zero-order valence-corrected chi connectivity index (χ0v) is 22.1. The average molecular weight is 533 g/mol. The fourth-order valence-corrected chi connectivity index (χ4v) is 4.81. The van der Waals surface area contributed by atoms with Gasteiger partial charge in [-0.1, -0.05) is 18.5 Å². The van der Waals surface area contributed by atoms with Crippen molar-refractivity contribution in [1.29, 1.82) is 0 Å². The molecule has 10 heteroatoms. The summed E-state index contributed by atoms with van der Waals surface area (Å²) < 4.78 is 7.92. The number of carbonyl (C=O) groups is 1. The number of Topliss-reactive ketones (excluding diaryl/α,β-unsaturated/α-hetero) is 1. The molecule has 0 radical (unpaired) electrons. The summed E-state index contributed by atoms with van der Waals surface area (Å²) in [6.07, 6.45) is 3.64. The van der Waals surface area contributed by atoms with Gasteiger partial charge < -0.3 is 14.5 Å². The van der Waals surface area contributed by atoms with Crippen molar-refractivity contribution in [3.63, 3.8) is 0 Å². The summed E-state index contributed by atoms with van der Waals surface area (Å²) in [5.74, 6) is 1.52. The van der Waals surface area contributed by atoms with Gasteiger partial charge in [0.25, 0.3) is 0 Å². The Morgan fingerprint density at radius 1 is 0.947 bits per heavy atom. The van der Waals surface area contributed by atoms with Crippen molar-refractivity contribution < 1.29 is 9.53 Å². The van der Waals surface area contributed by atoms with Gasteiger partial charge in [0.15, 0.2) is 5.78 Å². The minimum atomic E-state index is -0.694. The maximum atomic E-state index is 13.2. The van der Waals surface area contributed by atoms with Crippen LogP contribution in [0.25, 0.3) is 5.69 Å². The first-order valence-electron chi connectivity index (χ1n) is 12.5. The summed E-state index contributed by atoms with van der Waals surface area (Å²) in [6, 6.07) is 17.7. The second kappa shape index (κ2) is 11.1. The first kappa shape index (κ1) is 25.5. The number of ether oxygens (including phenoxy) is 1. The van der Waals surface area contributed by atoms with Crippen LogP contribution in [0.2, 0.25) is 5.02 Å². The van der Waals surface area contributed by atoms with E-state index in [2.05, 4.69) is 19.9 Å². The third kappa shape index (κ3) is 5.15.